The fourth-order valence-electron chi connectivity index (χ4n) is 3.37. The van der Waals surface area contributed by atoms with Crippen LogP contribution in [0.2, 0.25) is 0 Å². The molecular formula is C24H16F4S. The van der Waals surface area contributed by atoms with Gasteiger partial charge in [-0.1, -0.05) is 0 Å². The molecule has 146 valence electrons. The molecule has 29 heavy (non-hydrogen) atoms. The van der Waals surface area contributed by atoms with Gasteiger partial charge in [0.25, 0.3) is 0 Å². The summed E-state index contributed by atoms with van der Waals surface area (Å²) in [5, 5.41) is 0. The Labute approximate surface area is 167 Å². The van der Waals surface area contributed by atoms with Gasteiger partial charge in [0, 0.05) is 19.6 Å². The van der Waals surface area contributed by atoms with Crippen LogP contribution in [0.3, 0.4) is 0 Å². The van der Waals surface area contributed by atoms with E-state index in [1.165, 1.54) is 48.5 Å². The SMILES string of the molecule is Fc1ccc(S(c2ccc(F)cc2)(c2ccc(F)cc2)c2ccc(F)cc2)cc1. The molecule has 0 amide bonds. The average molecular weight is 412 g/mol. The van der Waals surface area contributed by atoms with Gasteiger partial charge in [0.15, 0.2) is 0 Å². The third-order valence-electron chi connectivity index (χ3n) is 4.67. The molecule has 0 radical (unpaired) electrons. The average Bonchev–Trinajstić information content (AvgIpc) is 2.73. The smallest absolute Gasteiger partial charge is 0.123 e. The molecule has 0 heterocycles. The molecule has 0 nitrogen and oxygen atoms in total. The van der Waals surface area contributed by atoms with Gasteiger partial charge in [-0.15, -0.1) is 10.0 Å². The van der Waals surface area contributed by atoms with Crippen LogP contribution in [0, 0.1) is 23.3 Å². The lowest BCUT2D eigenvalue weighted by molar-refractivity contribution is 0.626. The van der Waals surface area contributed by atoms with E-state index >= 15 is 0 Å². The zero-order valence-electron chi connectivity index (χ0n) is 15.2. The monoisotopic (exact) mass is 412 g/mol. The summed E-state index contributed by atoms with van der Waals surface area (Å²) in [5.74, 6) is -1.56. The molecule has 0 aliphatic rings. The quantitative estimate of drug-likeness (QED) is 0.303. The van der Waals surface area contributed by atoms with Gasteiger partial charge in [-0.3, -0.25) is 0 Å². The highest BCUT2D eigenvalue weighted by atomic mass is 32.3. The molecule has 5 heteroatoms. The first-order valence-electron chi connectivity index (χ1n) is 8.86. The molecule has 0 atom stereocenters. The number of rotatable bonds is 4. The summed E-state index contributed by atoms with van der Waals surface area (Å²) < 4.78 is 54.8. The Kier molecular flexibility index (Phi) is 5.16. The third kappa shape index (κ3) is 3.54. The second-order valence-electron chi connectivity index (χ2n) is 6.43. The molecule has 4 aromatic carbocycles. The first kappa shape index (κ1) is 19.3. The topological polar surface area (TPSA) is 0 Å². The largest absolute Gasteiger partial charge is 0.207 e. The molecule has 0 aliphatic carbocycles. The molecule has 0 unspecified atom stereocenters. The number of hydrogen-bond acceptors (Lipinski definition) is 0. The molecule has 0 fully saturated rings. The van der Waals surface area contributed by atoms with Crippen molar-refractivity contribution >= 4 is 10.0 Å². The minimum absolute atomic E-state index is 0.389. The Balaban J connectivity index is 2.11. The van der Waals surface area contributed by atoms with E-state index in [4.69, 9.17) is 0 Å². The van der Waals surface area contributed by atoms with E-state index < -0.39 is 10.0 Å². The normalized spacial score (nSPS) is 12.0. The Morgan fingerprint density at radius 2 is 0.483 bits per heavy atom. The Morgan fingerprint density at radius 1 is 0.310 bits per heavy atom. The third-order valence-corrected chi connectivity index (χ3v) is 8.59. The Bertz CT molecular complexity index is 916. The fourth-order valence-corrected chi connectivity index (χ4v) is 7.18. The van der Waals surface area contributed by atoms with E-state index in [9.17, 15) is 17.6 Å². The van der Waals surface area contributed by atoms with Crippen LogP contribution in [0.15, 0.2) is 117 Å². The van der Waals surface area contributed by atoms with Gasteiger partial charge in [0.05, 0.1) is 0 Å². The summed E-state index contributed by atoms with van der Waals surface area (Å²) in [6, 6.07) is 24.2. The number of halogens is 4. The molecule has 0 bridgehead atoms. The van der Waals surface area contributed by atoms with E-state index in [1.54, 1.807) is 48.5 Å². The van der Waals surface area contributed by atoms with Crippen molar-refractivity contribution in [3.05, 3.63) is 120 Å². The number of benzene rings is 4. The first-order chi connectivity index (χ1) is 14.0. The van der Waals surface area contributed by atoms with Crippen molar-refractivity contribution in [2.75, 3.05) is 0 Å². The molecule has 0 aliphatic heterocycles. The van der Waals surface area contributed by atoms with Crippen molar-refractivity contribution in [2.24, 2.45) is 0 Å². The molecule has 4 rings (SSSR count). The summed E-state index contributed by atoms with van der Waals surface area (Å²) in [7, 11) is -2.24. The fraction of sp³-hybridized carbons (Fsp3) is 0. The van der Waals surface area contributed by atoms with Crippen molar-refractivity contribution in [1.82, 2.24) is 0 Å². The lowest BCUT2D eigenvalue weighted by Gasteiger charge is -2.42. The van der Waals surface area contributed by atoms with Gasteiger partial charge < -0.3 is 0 Å². The van der Waals surface area contributed by atoms with Crippen LogP contribution >= 0.6 is 10.0 Å². The van der Waals surface area contributed by atoms with Gasteiger partial charge in [-0.05, 0) is 97.1 Å². The minimum Gasteiger partial charge on any atom is -0.207 e. The molecule has 0 saturated carbocycles. The second kappa shape index (κ2) is 7.76. The van der Waals surface area contributed by atoms with Crippen LogP contribution in [0.4, 0.5) is 17.6 Å². The van der Waals surface area contributed by atoms with E-state index in [0.717, 1.165) is 19.6 Å². The van der Waals surface area contributed by atoms with E-state index in [0.29, 0.717) is 0 Å². The summed E-state index contributed by atoms with van der Waals surface area (Å²) >= 11 is 0. The van der Waals surface area contributed by atoms with Crippen molar-refractivity contribution in [3.8, 4) is 0 Å². The van der Waals surface area contributed by atoms with Gasteiger partial charge in [0.2, 0.25) is 0 Å². The maximum absolute atomic E-state index is 13.7. The highest BCUT2D eigenvalue weighted by Gasteiger charge is 2.33. The van der Waals surface area contributed by atoms with Gasteiger partial charge >= 0.3 is 0 Å². The van der Waals surface area contributed by atoms with Crippen LogP contribution < -0.4 is 0 Å². The van der Waals surface area contributed by atoms with Gasteiger partial charge in [-0.2, -0.15) is 0 Å². The molecule has 0 aromatic heterocycles. The Morgan fingerprint density at radius 3 is 0.655 bits per heavy atom. The maximum atomic E-state index is 13.7. The van der Waals surface area contributed by atoms with Crippen molar-refractivity contribution in [2.45, 2.75) is 19.6 Å². The van der Waals surface area contributed by atoms with E-state index in [-0.39, 0.29) is 23.3 Å². The summed E-state index contributed by atoms with van der Waals surface area (Å²) in [5.41, 5.74) is 0. The zero-order chi connectivity index (χ0) is 20.4. The van der Waals surface area contributed by atoms with Gasteiger partial charge in [0.1, 0.15) is 23.3 Å². The highest BCUT2D eigenvalue weighted by molar-refractivity contribution is 8.34. The molecule has 0 N–H and O–H groups in total. The maximum Gasteiger partial charge on any atom is 0.123 e. The van der Waals surface area contributed by atoms with Gasteiger partial charge in [-0.25, -0.2) is 17.6 Å². The summed E-state index contributed by atoms with van der Waals surface area (Å²) in [6.07, 6.45) is 0. The lowest BCUT2D eigenvalue weighted by Crippen LogP contribution is -2.05. The van der Waals surface area contributed by atoms with Crippen LogP contribution in [-0.2, 0) is 0 Å². The predicted octanol–water partition coefficient (Wildman–Crippen LogP) is 7.58. The molecular weight excluding hydrogens is 396 g/mol. The van der Waals surface area contributed by atoms with Crippen LogP contribution in [0.1, 0.15) is 0 Å². The van der Waals surface area contributed by atoms with Crippen LogP contribution in [0.25, 0.3) is 0 Å². The van der Waals surface area contributed by atoms with Crippen LogP contribution in [0.5, 0.6) is 0 Å². The standard InChI is InChI=1S/C24H16F4S/c25-17-1-9-21(10-2-17)29(22-11-3-18(26)4-12-22,23-13-5-19(27)6-14-23)24-15-7-20(28)8-16-24/h1-16H. The van der Waals surface area contributed by atoms with Crippen molar-refractivity contribution in [1.29, 1.82) is 0 Å². The van der Waals surface area contributed by atoms with Crippen LogP contribution in [-0.4, -0.2) is 0 Å². The molecule has 0 saturated heterocycles. The molecule has 4 aromatic rings. The van der Waals surface area contributed by atoms with E-state index in [1.807, 2.05) is 0 Å². The van der Waals surface area contributed by atoms with Crippen molar-refractivity contribution < 1.29 is 17.6 Å². The number of hydrogen-bond donors (Lipinski definition) is 0. The summed E-state index contributed by atoms with van der Waals surface area (Å²) in [4.78, 5) is 3.07. The first-order valence-corrected chi connectivity index (χ1v) is 10.5. The van der Waals surface area contributed by atoms with Crippen molar-refractivity contribution in [3.63, 3.8) is 0 Å². The highest BCUT2D eigenvalue weighted by Crippen LogP contribution is 2.73. The Hall–Kier alpha value is -3.05. The summed E-state index contributed by atoms with van der Waals surface area (Å²) in [6.45, 7) is 0. The van der Waals surface area contributed by atoms with E-state index in [2.05, 4.69) is 0 Å². The molecule has 0 spiro atoms. The predicted molar refractivity (Wildman–Crippen MR) is 106 cm³/mol. The second-order valence-corrected chi connectivity index (χ2v) is 9.54. The zero-order valence-corrected chi connectivity index (χ0v) is 16.0. The lowest BCUT2D eigenvalue weighted by atomic mass is 10.3. The minimum atomic E-state index is -2.24.